The van der Waals surface area contributed by atoms with Gasteiger partial charge in [-0.25, -0.2) is 0 Å². The van der Waals surface area contributed by atoms with Crippen molar-refractivity contribution in [3.05, 3.63) is 40.7 Å². The minimum absolute atomic E-state index is 0.616. The Kier molecular flexibility index (Phi) is 3.90. The van der Waals surface area contributed by atoms with Crippen LogP contribution in [0.5, 0.6) is 11.5 Å². The van der Waals surface area contributed by atoms with Gasteiger partial charge < -0.3 is 10.5 Å². The van der Waals surface area contributed by atoms with Gasteiger partial charge in [0.05, 0.1) is 5.69 Å². The first kappa shape index (κ1) is 13.6. The molecule has 0 bridgehead atoms. The van der Waals surface area contributed by atoms with E-state index in [0.29, 0.717) is 6.54 Å². The summed E-state index contributed by atoms with van der Waals surface area (Å²) < 4.78 is 7.90. The van der Waals surface area contributed by atoms with E-state index in [1.54, 1.807) is 0 Å². The molecule has 0 aliphatic carbocycles. The molecule has 0 aliphatic heterocycles. The molecule has 0 unspecified atom stereocenters. The van der Waals surface area contributed by atoms with E-state index < -0.39 is 0 Å². The van der Waals surface area contributed by atoms with Gasteiger partial charge in [-0.05, 0) is 45.4 Å². The fraction of sp³-hybridized carbons (Fsp3) is 0.400. The average Bonchev–Trinajstić information content (AvgIpc) is 2.59. The Balaban J connectivity index is 2.37. The fourth-order valence-electron chi connectivity index (χ4n) is 2.17. The zero-order chi connectivity index (χ0) is 14.0. The van der Waals surface area contributed by atoms with Crippen molar-refractivity contribution in [3.8, 4) is 11.5 Å². The molecule has 1 aromatic carbocycles. The molecule has 0 radical (unpaired) electrons. The van der Waals surface area contributed by atoms with Crippen LogP contribution in [0.3, 0.4) is 0 Å². The summed E-state index contributed by atoms with van der Waals surface area (Å²) in [5.41, 5.74) is 9.95. The monoisotopic (exact) mass is 259 g/mol. The Morgan fingerprint density at radius 3 is 2.58 bits per heavy atom. The summed E-state index contributed by atoms with van der Waals surface area (Å²) in [4.78, 5) is 0. The van der Waals surface area contributed by atoms with E-state index in [1.165, 1.54) is 5.56 Å². The summed E-state index contributed by atoms with van der Waals surface area (Å²) >= 11 is 0. The Labute approximate surface area is 114 Å². The number of aryl methyl sites for hydroxylation is 3. The van der Waals surface area contributed by atoms with Crippen molar-refractivity contribution in [2.24, 2.45) is 12.8 Å². The number of hydrogen-bond acceptors (Lipinski definition) is 3. The molecule has 0 fully saturated rings. The smallest absolute Gasteiger partial charge is 0.171 e. The lowest BCUT2D eigenvalue weighted by atomic mass is 10.1. The van der Waals surface area contributed by atoms with Gasteiger partial charge >= 0.3 is 0 Å². The van der Waals surface area contributed by atoms with Crippen molar-refractivity contribution in [2.75, 3.05) is 6.54 Å². The Bertz CT molecular complexity index is 587. The van der Waals surface area contributed by atoms with Gasteiger partial charge in [-0.15, -0.1) is 0 Å². The minimum Gasteiger partial charge on any atom is -0.453 e. The number of hydrogen-bond donors (Lipinski definition) is 1. The third kappa shape index (κ3) is 2.79. The van der Waals surface area contributed by atoms with Crippen LogP contribution in [0.25, 0.3) is 0 Å². The second-order valence-electron chi connectivity index (χ2n) is 4.88. The predicted octanol–water partition coefficient (Wildman–Crippen LogP) is 2.64. The van der Waals surface area contributed by atoms with Crippen LogP contribution < -0.4 is 10.5 Å². The highest BCUT2D eigenvalue weighted by molar-refractivity contribution is 5.43. The van der Waals surface area contributed by atoms with E-state index in [-0.39, 0.29) is 0 Å². The summed E-state index contributed by atoms with van der Waals surface area (Å²) in [7, 11) is 1.92. The first-order valence-electron chi connectivity index (χ1n) is 6.50. The highest BCUT2D eigenvalue weighted by Crippen LogP contribution is 2.31. The number of benzene rings is 1. The van der Waals surface area contributed by atoms with Gasteiger partial charge in [0.2, 0.25) is 0 Å². The maximum Gasteiger partial charge on any atom is 0.171 e. The zero-order valence-electron chi connectivity index (χ0n) is 12.0. The van der Waals surface area contributed by atoms with Crippen molar-refractivity contribution < 1.29 is 4.74 Å². The Morgan fingerprint density at radius 1 is 1.26 bits per heavy atom. The van der Waals surface area contributed by atoms with Crippen LogP contribution in [0.4, 0.5) is 0 Å². The van der Waals surface area contributed by atoms with E-state index in [1.807, 2.05) is 31.6 Å². The molecule has 0 aliphatic rings. The van der Waals surface area contributed by atoms with Gasteiger partial charge in [0, 0.05) is 7.05 Å². The normalized spacial score (nSPS) is 10.8. The van der Waals surface area contributed by atoms with Crippen LogP contribution in [0.2, 0.25) is 0 Å². The molecule has 4 heteroatoms. The fourth-order valence-corrected chi connectivity index (χ4v) is 2.17. The maximum absolute atomic E-state index is 6.06. The van der Waals surface area contributed by atoms with Crippen LogP contribution >= 0.6 is 0 Å². The van der Waals surface area contributed by atoms with E-state index in [4.69, 9.17) is 10.5 Å². The molecule has 0 spiro atoms. The van der Waals surface area contributed by atoms with Gasteiger partial charge in [0.1, 0.15) is 11.4 Å². The molecule has 0 saturated heterocycles. The SMILES string of the molecule is Cc1ccc(Oc2c(C)nn(C)c2C)c(CCN)c1. The molecule has 4 nitrogen and oxygen atoms in total. The molecule has 2 rings (SSSR count). The minimum atomic E-state index is 0.616. The van der Waals surface area contributed by atoms with Crippen molar-refractivity contribution in [2.45, 2.75) is 27.2 Å². The Morgan fingerprint density at radius 2 is 2.00 bits per heavy atom. The topological polar surface area (TPSA) is 53.1 Å². The van der Waals surface area contributed by atoms with E-state index in [0.717, 1.165) is 34.9 Å². The molecule has 0 amide bonds. The summed E-state index contributed by atoms with van der Waals surface area (Å²) in [6.07, 6.45) is 0.815. The quantitative estimate of drug-likeness (QED) is 0.918. The molecule has 19 heavy (non-hydrogen) atoms. The zero-order valence-corrected chi connectivity index (χ0v) is 12.0. The standard InChI is InChI=1S/C15H21N3O/c1-10-5-6-14(13(9-10)7-8-16)19-15-11(2)17-18(4)12(15)3/h5-6,9H,7-8,16H2,1-4H3. The molecule has 0 saturated carbocycles. The van der Waals surface area contributed by atoms with Crippen molar-refractivity contribution >= 4 is 0 Å². The number of nitrogens with two attached hydrogens (primary N) is 1. The molecule has 0 atom stereocenters. The molecular formula is C15H21N3O. The number of rotatable bonds is 4. The lowest BCUT2D eigenvalue weighted by Crippen LogP contribution is -2.04. The number of aromatic nitrogens is 2. The predicted molar refractivity (Wildman–Crippen MR) is 76.7 cm³/mol. The van der Waals surface area contributed by atoms with Gasteiger partial charge in [-0.2, -0.15) is 5.10 Å². The van der Waals surface area contributed by atoms with Crippen LogP contribution in [-0.4, -0.2) is 16.3 Å². The van der Waals surface area contributed by atoms with E-state index in [2.05, 4.69) is 24.2 Å². The average molecular weight is 259 g/mol. The number of nitrogens with zero attached hydrogens (tertiary/aromatic N) is 2. The van der Waals surface area contributed by atoms with E-state index >= 15 is 0 Å². The van der Waals surface area contributed by atoms with Crippen LogP contribution in [-0.2, 0) is 13.5 Å². The first-order valence-corrected chi connectivity index (χ1v) is 6.50. The summed E-state index contributed by atoms with van der Waals surface area (Å²) in [6.45, 7) is 6.65. The van der Waals surface area contributed by atoms with Crippen LogP contribution in [0, 0.1) is 20.8 Å². The number of ether oxygens (including phenoxy) is 1. The van der Waals surface area contributed by atoms with Gasteiger partial charge in [0.15, 0.2) is 5.75 Å². The molecule has 102 valence electrons. The van der Waals surface area contributed by atoms with Gasteiger partial charge in [-0.1, -0.05) is 17.7 Å². The van der Waals surface area contributed by atoms with Crippen LogP contribution in [0.15, 0.2) is 18.2 Å². The van der Waals surface area contributed by atoms with Gasteiger partial charge in [0.25, 0.3) is 0 Å². The first-order chi connectivity index (χ1) is 9.02. The largest absolute Gasteiger partial charge is 0.453 e. The third-order valence-electron chi connectivity index (χ3n) is 3.28. The highest BCUT2D eigenvalue weighted by atomic mass is 16.5. The second-order valence-corrected chi connectivity index (χ2v) is 4.88. The van der Waals surface area contributed by atoms with Crippen LogP contribution in [0.1, 0.15) is 22.5 Å². The van der Waals surface area contributed by atoms with Crippen molar-refractivity contribution in [3.63, 3.8) is 0 Å². The molecule has 1 aromatic heterocycles. The van der Waals surface area contributed by atoms with E-state index in [9.17, 15) is 0 Å². The summed E-state index contributed by atoms with van der Waals surface area (Å²) in [5, 5.41) is 4.37. The lowest BCUT2D eigenvalue weighted by Gasteiger charge is -2.12. The Hall–Kier alpha value is -1.81. The summed E-state index contributed by atoms with van der Waals surface area (Å²) in [5.74, 6) is 1.71. The van der Waals surface area contributed by atoms with Crippen molar-refractivity contribution in [1.82, 2.24) is 9.78 Å². The maximum atomic E-state index is 6.06. The van der Waals surface area contributed by atoms with Gasteiger partial charge in [-0.3, -0.25) is 4.68 Å². The highest BCUT2D eigenvalue weighted by Gasteiger charge is 2.13. The molecule has 2 aromatic rings. The second kappa shape index (κ2) is 5.45. The molecular weight excluding hydrogens is 238 g/mol. The lowest BCUT2D eigenvalue weighted by molar-refractivity contribution is 0.468. The molecule has 2 N–H and O–H groups in total. The summed E-state index contributed by atoms with van der Waals surface area (Å²) in [6, 6.07) is 6.19. The van der Waals surface area contributed by atoms with Crippen molar-refractivity contribution in [1.29, 1.82) is 0 Å². The molecule has 1 heterocycles. The third-order valence-corrected chi connectivity index (χ3v) is 3.28.